The summed E-state index contributed by atoms with van der Waals surface area (Å²) in [7, 11) is 0. The largest absolute Gasteiger partial charge is 0.464 e. The molecule has 0 radical (unpaired) electrons. The highest BCUT2D eigenvalue weighted by molar-refractivity contribution is 5.84. The monoisotopic (exact) mass is 215 g/mol. The Morgan fingerprint density at radius 2 is 2.12 bits per heavy atom. The van der Waals surface area contributed by atoms with Crippen molar-refractivity contribution >= 4 is 11.0 Å². The molecule has 1 N–H and O–H groups in total. The van der Waals surface area contributed by atoms with Crippen molar-refractivity contribution in [2.45, 2.75) is 39.3 Å². The molecule has 0 saturated heterocycles. The van der Waals surface area contributed by atoms with Gasteiger partial charge in [0, 0.05) is 23.5 Å². The smallest absolute Gasteiger partial charge is 0.137 e. The highest BCUT2D eigenvalue weighted by Crippen LogP contribution is 2.27. The van der Waals surface area contributed by atoms with Gasteiger partial charge in [0.05, 0.1) is 6.26 Å². The molecule has 2 aromatic rings. The van der Waals surface area contributed by atoms with Gasteiger partial charge in [-0.1, -0.05) is 6.07 Å². The number of hydrogen-bond acceptors (Lipinski definition) is 2. The maximum atomic E-state index is 5.65. The molecule has 1 aromatic heterocycles. The lowest BCUT2D eigenvalue weighted by Gasteiger charge is -2.02. The third-order valence-electron chi connectivity index (χ3n) is 3.24. The van der Waals surface area contributed by atoms with Crippen molar-refractivity contribution in [2.24, 2.45) is 0 Å². The maximum absolute atomic E-state index is 5.65. The minimum atomic E-state index is 0.746. The lowest BCUT2D eigenvalue weighted by molar-refractivity contribution is 0.599. The zero-order valence-electron chi connectivity index (χ0n) is 9.84. The number of fused-ring (bicyclic) bond motifs is 1. The zero-order chi connectivity index (χ0) is 11.1. The highest BCUT2D eigenvalue weighted by Gasteiger charge is 2.20. The first-order valence-corrected chi connectivity index (χ1v) is 5.95. The van der Waals surface area contributed by atoms with Crippen LogP contribution in [0.2, 0.25) is 0 Å². The van der Waals surface area contributed by atoms with Gasteiger partial charge in [-0.3, -0.25) is 0 Å². The molecule has 84 valence electrons. The first-order chi connectivity index (χ1) is 7.74. The summed E-state index contributed by atoms with van der Waals surface area (Å²) in [6.07, 6.45) is 4.55. The van der Waals surface area contributed by atoms with E-state index in [0.29, 0.717) is 0 Å². The SMILES string of the molecule is Cc1cc(C)c2occ(CNC3CC3)c2c1. The topological polar surface area (TPSA) is 25.2 Å². The van der Waals surface area contributed by atoms with Gasteiger partial charge in [-0.2, -0.15) is 0 Å². The molecule has 2 heteroatoms. The second kappa shape index (κ2) is 3.63. The van der Waals surface area contributed by atoms with E-state index in [2.05, 4.69) is 31.3 Å². The number of nitrogens with one attached hydrogen (secondary N) is 1. The van der Waals surface area contributed by atoms with Crippen LogP contribution in [0.1, 0.15) is 29.5 Å². The van der Waals surface area contributed by atoms with E-state index in [9.17, 15) is 0 Å². The molecule has 3 rings (SSSR count). The normalized spacial score (nSPS) is 15.9. The van der Waals surface area contributed by atoms with Crippen LogP contribution in [0.25, 0.3) is 11.0 Å². The predicted octanol–water partition coefficient (Wildman–Crippen LogP) is 3.30. The van der Waals surface area contributed by atoms with Gasteiger partial charge in [-0.15, -0.1) is 0 Å². The van der Waals surface area contributed by atoms with Crippen molar-refractivity contribution in [2.75, 3.05) is 0 Å². The predicted molar refractivity (Wildman–Crippen MR) is 65.5 cm³/mol. The van der Waals surface area contributed by atoms with Gasteiger partial charge in [0.1, 0.15) is 5.58 Å². The molecule has 16 heavy (non-hydrogen) atoms. The Kier molecular flexibility index (Phi) is 2.25. The standard InChI is InChI=1S/C14H17NO/c1-9-5-10(2)14-13(6-9)11(8-16-14)7-15-12-3-4-12/h5-6,8,12,15H,3-4,7H2,1-2H3. The first kappa shape index (κ1) is 9.91. The van der Waals surface area contributed by atoms with E-state index in [-0.39, 0.29) is 0 Å². The van der Waals surface area contributed by atoms with Crippen molar-refractivity contribution in [1.29, 1.82) is 0 Å². The Bertz CT molecular complexity index is 523. The van der Waals surface area contributed by atoms with Crippen molar-refractivity contribution in [1.82, 2.24) is 5.32 Å². The summed E-state index contributed by atoms with van der Waals surface area (Å²) >= 11 is 0. The van der Waals surface area contributed by atoms with Crippen LogP contribution in [0.3, 0.4) is 0 Å². The molecule has 0 amide bonds. The van der Waals surface area contributed by atoms with Crippen LogP contribution in [0.5, 0.6) is 0 Å². The van der Waals surface area contributed by atoms with Gasteiger partial charge in [0.25, 0.3) is 0 Å². The molecular weight excluding hydrogens is 198 g/mol. The minimum Gasteiger partial charge on any atom is -0.464 e. The Morgan fingerprint density at radius 3 is 2.88 bits per heavy atom. The number of furan rings is 1. The van der Waals surface area contributed by atoms with Gasteiger partial charge in [-0.05, 0) is 43.9 Å². The van der Waals surface area contributed by atoms with E-state index in [1.807, 2.05) is 6.26 Å². The van der Waals surface area contributed by atoms with Crippen molar-refractivity contribution in [3.8, 4) is 0 Å². The van der Waals surface area contributed by atoms with Crippen molar-refractivity contribution in [3.63, 3.8) is 0 Å². The molecule has 0 aliphatic heterocycles. The summed E-state index contributed by atoms with van der Waals surface area (Å²) in [5.74, 6) is 0. The van der Waals surface area contributed by atoms with E-state index in [1.54, 1.807) is 0 Å². The molecule has 1 saturated carbocycles. The Hall–Kier alpha value is -1.28. The minimum absolute atomic E-state index is 0.746. The van der Waals surface area contributed by atoms with Crippen LogP contribution in [-0.4, -0.2) is 6.04 Å². The van der Waals surface area contributed by atoms with E-state index in [1.165, 1.54) is 34.9 Å². The molecule has 1 fully saturated rings. The van der Waals surface area contributed by atoms with Crippen LogP contribution in [0.4, 0.5) is 0 Å². The fraction of sp³-hybridized carbons (Fsp3) is 0.429. The van der Waals surface area contributed by atoms with Crippen molar-refractivity contribution < 1.29 is 4.42 Å². The lowest BCUT2D eigenvalue weighted by atomic mass is 10.1. The van der Waals surface area contributed by atoms with Gasteiger partial charge in [0.2, 0.25) is 0 Å². The molecule has 1 aliphatic carbocycles. The molecule has 0 bridgehead atoms. The summed E-state index contributed by atoms with van der Waals surface area (Å²) in [6, 6.07) is 5.13. The number of rotatable bonds is 3. The van der Waals surface area contributed by atoms with Crippen LogP contribution in [0, 0.1) is 13.8 Å². The number of benzene rings is 1. The summed E-state index contributed by atoms with van der Waals surface area (Å²) in [5.41, 5.74) is 4.86. The van der Waals surface area contributed by atoms with E-state index < -0.39 is 0 Å². The van der Waals surface area contributed by atoms with E-state index in [0.717, 1.165) is 18.2 Å². The Balaban J connectivity index is 1.97. The third-order valence-corrected chi connectivity index (χ3v) is 3.24. The number of aryl methyl sites for hydroxylation is 2. The third kappa shape index (κ3) is 1.74. The van der Waals surface area contributed by atoms with E-state index >= 15 is 0 Å². The number of hydrogen-bond donors (Lipinski definition) is 1. The van der Waals surface area contributed by atoms with Gasteiger partial charge in [-0.25, -0.2) is 0 Å². The average Bonchev–Trinajstić information content (AvgIpc) is 2.97. The van der Waals surface area contributed by atoms with Crippen molar-refractivity contribution in [3.05, 3.63) is 35.1 Å². The quantitative estimate of drug-likeness (QED) is 0.849. The maximum Gasteiger partial charge on any atom is 0.137 e. The second-order valence-electron chi connectivity index (χ2n) is 4.87. The molecule has 1 aliphatic rings. The second-order valence-corrected chi connectivity index (χ2v) is 4.87. The fourth-order valence-corrected chi connectivity index (χ4v) is 2.22. The summed E-state index contributed by atoms with van der Waals surface area (Å²) in [4.78, 5) is 0. The summed E-state index contributed by atoms with van der Waals surface area (Å²) in [6.45, 7) is 5.18. The molecule has 0 spiro atoms. The molecule has 1 aromatic carbocycles. The van der Waals surface area contributed by atoms with Crippen LogP contribution in [-0.2, 0) is 6.54 Å². The molecule has 0 unspecified atom stereocenters. The van der Waals surface area contributed by atoms with E-state index in [4.69, 9.17) is 4.42 Å². The Morgan fingerprint density at radius 1 is 1.31 bits per heavy atom. The molecular formula is C14H17NO. The molecule has 2 nitrogen and oxygen atoms in total. The summed E-state index contributed by atoms with van der Waals surface area (Å²) in [5, 5.41) is 4.80. The van der Waals surface area contributed by atoms with Crippen LogP contribution < -0.4 is 5.32 Å². The van der Waals surface area contributed by atoms with Gasteiger partial charge < -0.3 is 9.73 Å². The summed E-state index contributed by atoms with van der Waals surface area (Å²) < 4.78 is 5.65. The highest BCUT2D eigenvalue weighted by atomic mass is 16.3. The molecule has 1 heterocycles. The lowest BCUT2D eigenvalue weighted by Crippen LogP contribution is -2.14. The Labute approximate surface area is 95.6 Å². The fourth-order valence-electron chi connectivity index (χ4n) is 2.22. The average molecular weight is 215 g/mol. The van der Waals surface area contributed by atoms with Crippen LogP contribution >= 0.6 is 0 Å². The molecule has 0 atom stereocenters. The van der Waals surface area contributed by atoms with Crippen LogP contribution in [0.15, 0.2) is 22.8 Å². The zero-order valence-corrected chi connectivity index (χ0v) is 9.84. The van der Waals surface area contributed by atoms with Gasteiger partial charge in [0.15, 0.2) is 0 Å². The first-order valence-electron chi connectivity index (χ1n) is 5.95. The van der Waals surface area contributed by atoms with Gasteiger partial charge >= 0.3 is 0 Å².